The highest BCUT2D eigenvalue weighted by atomic mass is 35.5. The Morgan fingerprint density at radius 1 is 1.34 bits per heavy atom. The van der Waals surface area contributed by atoms with Crippen LogP contribution in [0, 0.1) is 0 Å². The van der Waals surface area contributed by atoms with E-state index in [1.54, 1.807) is 12.1 Å². The van der Waals surface area contributed by atoms with Gasteiger partial charge < -0.3 is 21.1 Å². The van der Waals surface area contributed by atoms with Gasteiger partial charge in [-0.2, -0.15) is 0 Å². The van der Waals surface area contributed by atoms with Gasteiger partial charge in [0.1, 0.15) is 17.0 Å². The molecule has 0 spiro atoms. The molecule has 0 aliphatic carbocycles. The molecule has 8 heteroatoms. The third-order valence-corrected chi connectivity index (χ3v) is 5.35. The van der Waals surface area contributed by atoms with Crippen LogP contribution in [0.25, 0.3) is 0 Å². The maximum absolute atomic E-state index is 12.0. The van der Waals surface area contributed by atoms with Gasteiger partial charge >= 0.3 is 0 Å². The molecule has 2 unspecified atom stereocenters. The number of nitrogens with one attached hydrogen (secondary N) is 2. The Morgan fingerprint density at radius 3 is 2.83 bits per heavy atom. The summed E-state index contributed by atoms with van der Waals surface area (Å²) in [7, 11) is 0. The van der Waals surface area contributed by atoms with Crippen molar-refractivity contribution in [2.45, 2.75) is 44.9 Å². The zero-order valence-corrected chi connectivity index (χ0v) is 17.6. The van der Waals surface area contributed by atoms with Crippen molar-refractivity contribution in [3.8, 4) is 0 Å². The molecule has 0 aromatic heterocycles. The molecular formula is C21H28ClN5O2. The monoisotopic (exact) mass is 417 g/mol. The average molecular weight is 418 g/mol. The third-order valence-electron chi connectivity index (χ3n) is 4.98. The summed E-state index contributed by atoms with van der Waals surface area (Å²) in [5.74, 6) is -0.119. The number of carbonyl (C=O) groups is 1. The molecule has 2 atom stereocenters. The SMILES string of the molecule is CCCC1N=C2C(=C(C)C(Cl)=NC2(N)CCOCCNC(=O)c2ccccc2)N1. The number of dihydropyridines is 1. The van der Waals surface area contributed by atoms with Gasteiger partial charge in [-0.1, -0.05) is 43.1 Å². The van der Waals surface area contributed by atoms with Crippen molar-refractivity contribution in [1.82, 2.24) is 10.6 Å². The lowest BCUT2D eigenvalue weighted by Gasteiger charge is -2.30. The molecule has 7 nitrogen and oxygen atoms in total. The molecule has 0 saturated carbocycles. The molecule has 29 heavy (non-hydrogen) atoms. The topological polar surface area (TPSA) is 101 Å². The smallest absolute Gasteiger partial charge is 0.251 e. The van der Waals surface area contributed by atoms with Crippen LogP contribution in [-0.2, 0) is 4.74 Å². The molecule has 0 saturated heterocycles. The van der Waals surface area contributed by atoms with Crippen LogP contribution in [0.3, 0.4) is 0 Å². The highest BCUT2D eigenvalue weighted by Gasteiger charge is 2.42. The number of hydrogen-bond acceptors (Lipinski definition) is 6. The Kier molecular flexibility index (Phi) is 7.05. The number of carbonyl (C=O) groups excluding carboxylic acids is 1. The minimum absolute atomic E-state index is 0.00904. The van der Waals surface area contributed by atoms with Crippen molar-refractivity contribution in [3.05, 3.63) is 47.2 Å². The first-order valence-corrected chi connectivity index (χ1v) is 10.3. The summed E-state index contributed by atoms with van der Waals surface area (Å²) in [6.07, 6.45) is 2.40. The Balaban J connectivity index is 1.49. The Bertz CT molecular complexity index is 837. The van der Waals surface area contributed by atoms with Gasteiger partial charge in [-0.3, -0.25) is 9.79 Å². The van der Waals surface area contributed by atoms with Crippen molar-refractivity contribution in [2.75, 3.05) is 19.8 Å². The molecule has 2 aliphatic heterocycles. The number of aliphatic imine (C=N–C) groups is 2. The lowest BCUT2D eigenvalue weighted by Crippen LogP contribution is -2.51. The molecule has 0 fully saturated rings. The van der Waals surface area contributed by atoms with Crippen LogP contribution in [0.5, 0.6) is 0 Å². The molecule has 2 heterocycles. The summed E-state index contributed by atoms with van der Waals surface area (Å²) in [5, 5.41) is 6.65. The number of rotatable bonds is 9. The van der Waals surface area contributed by atoms with Crippen LogP contribution < -0.4 is 16.4 Å². The summed E-state index contributed by atoms with van der Waals surface area (Å²) in [6, 6.07) is 9.08. The first kappa shape index (κ1) is 21.5. The van der Waals surface area contributed by atoms with E-state index in [2.05, 4.69) is 22.5 Å². The number of allylic oxidation sites excluding steroid dienone is 1. The summed E-state index contributed by atoms with van der Waals surface area (Å²) in [4.78, 5) is 21.3. The van der Waals surface area contributed by atoms with E-state index < -0.39 is 5.66 Å². The predicted molar refractivity (Wildman–Crippen MR) is 116 cm³/mol. The van der Waals surface area contributed by atoms with Gasteiger partial charge in [0.05, 0.1) is 18.9 Å². The van der Waals surface area contributed by atoms with E-state index >= 15 is 0 Å². The maximum atomic E-state index is 12.0. The largest absolute Gasteiger partial charge is 0.379 e. The van der Waals surface area contributed by atoms with E-state index in [1.165, 1.54) is 0 Å². The Labute approximate surface area is 176 Å². The molecular weight excluding hydrogens is 390 g/mol. The minimum Gasteiger partial charge on any atom is -0.379 e. The van der Waals surface area contributed by atoms with Crippen LogP contribution in [0.1, 0.15) is 43.5 Å². The molecule has 1 aromatic carbocycles. The molecule has 3 rings (SSSR count). The van der Waals surface area contributed by atoms with E-state index in [0.717, 1.165) is 29.8 Å². The number of hydrogen-bond donors (Lipinski definition) is 3. The lowest BCUT2D eigenvalue weighted by atomic mass is 9.94. The number of halogens is 1. The van der Waals surface area contributed by atoms with Crippen molar-refractivity contribution >= 4 is 28.4 Å². The number of nitrogens with zero attached hydrogens (tertiary/aromatic N) is 2. The molecule has 1 aromatic rings. The fraction of sp³-hybridized carbons (Fsp3) is 0.476. The van der Waals surface area contributed by atoms with Gasteiger partial charge in [-0.15, -0.1) is 0 Å². The van der Waals surface area contributed by atoms with Gasteiger partial charge in [0, 0.05) is 24.1 Å². The standard InChI is InChI=1S/C21H28ClN5O2/c1-3-7-16-25-17-14(2)19(22)27-21(23,18(17)26-16)10-12-29-13-11-24-20(28)15-8-5-4-6-9-15/h4-6,8-9,16,25H,3,7,10-13,23H2,1-2H3,(H,24,28). The molecule has 4 N–H and O–H groups in total. The second-order valence-corrected chi connectivity index (χ2v) is 7.60. The quantitative estimate of drug-likeness (QED) is 0.537. The predicted octanol–water partition coefficient (Wildman–Crippen LogP) is 2.57. The van der Waals surface area contributed by atoms with Crippen molar-refractivity contribution in [3.63, 3.8) is 0 Å². The fourth-order valence-electron chi connectivity index (χ4n) is 3.36. The lowest BCUT2D eigenvalue weighted by molar-refractivity contribution is 0.0905. The zero-order valence-electron chi connectivity index (χ0n) is 16.9. The maximum Gasteiger partial charge on any atom is 0.251 e. The van der Waals surface area contributed by atoms with Crippen LogP contribution in [0.2, 0.25) is 0 Å². The Morgan fingerprint density at radius 2 is 2.10 bits per heavy atom. The fourth-order valence-corrected chi connectivity index (χ4v) is 3.60. The number of benzene rings is 1. The van der Waals surface area contributed by atoms with E-state index in [9.17, 15) is 4.79 Å². The minimum atomic E-state index is -1.01. The number of nitrogens with two attached hydrogens (primary N) is 1. The summed E-state index contributed by atoms with van der Waals surface area (Å²) < 4.78 is 5.67. The number of fused-ring (bicyclic) bond motifs is 1. The normalized spacial score (nSPS) is 23.2. The van der Waals surface area contributed by atoms with Crippen molar-refractivity contribution < 1.29 is 9.53 Å². The van der Waals surface area contributed by atoms with Crippen LogP contribution in [0.4, 0.5) is 0 Å². The average Bonchev–Trinajstić information content (AvgIpc) is 3.15. The molecule has 1 amide bonds. The number of ether oxygens (including phenoxy) is 1. The van der Waals surface area contributed by atoms with Crippen molar-refractivity contribution in [1.29, 1.82) is 0 Å². The first-order valence-electron chi connectivity index (χ1n) is 9.96. The van der Waals surface area contributed by atoms with E-state index in [0.29, 0.717) is 36.9 Å². The molecule has 0 radical (unpaired) electrons. The molecule has 0 bridgehead atoms. The van der Waals surface area contributed by atoms with Gasteiger partial charge in [0.25, 0.3) is 5.91 Å². The van der Waals surface area contributed by atoms with Crippen LogP contribution >= 0.6 is 11.6 Å². The summed E-state index contributed by atoms with van der Waals surface area (Å²) in [5.41, 5.74) is 8.70. The summed E-state index contributed by atoms with van der Waals surface area (Å²) in [6.45, 7) is 5.23. The molecule has 156 valence electrons. The van der Waals surface area contributed by atoms with Crippen LogP contribution in [-0.4, -0.2) is 48.4 Å². The van der Waals surface area contributed by atoms with E-state index in [-0.39, 0.29) is 12.1 Å². The van der Waals surface area contributed by atoms with Crippen molar-refractivity contribution in [2.24, 2.45) is 15.7 Å². The van der Waals surface area contributed by atoms with Crippen LogP contribution in [0.15, 0.2) is 51.6 Å². The zero-order chi connectivity index (χ0) is 20.9. The Hall–Kier alpha value is -2.22. The third kappa shape index (κ3) is 5.04. The summed E-state index contributed by atoms with van der Waals surface area (Å²) >= 11 is 6.33. The van der Waals surface area contributed by atoms with E-state index in [4.69, 9.17) is 27.1 Å². The first-order chi connectivity index (χ1) is 13.9. The van der Waals surface area contributed by atoms with Gasteiger partial charge in [0.15, 0.2) is 5.66 Å². The molecule has 2 aliphatic rings. The van der Waals surface area contributed by atoms with Gasteiger partial charge in [-0.05, 0) is 25.5 Å². The van der Waals surface area contributed by atoms with Gasteiger partial charge in [-0.25, -0.2) is 4.99 Å². The van der Waals surface area contributed by atoms with E-state index in [1.807, 2.05) is 25.1 Å². The van der Waals surface area contributed by atoms with Gasteiger partial charge in [0.2, 0.25) is 0 Å². The second-order valence-electron chi connectivity index (χ2n) is 7.24. The highest BCUT2D eigenvalue weighted by molar-refractivity contribution is 6.70. The second kappa shape index (κ2) is 9.52. The number of amides is 1. The highest BCUT2D eigenvalue weighted by Crippen LogP contribution is 2.31.